The Bertz CT molecular complexity index is 981. The smallest absolute Gasteiger partial charge is 0.343 e. The lowest BCUT2D eigenvalue weighted by molar-refractivity contribution is -0.121. The van der Waals surface area contributed by atoms with E-state index in [1.54, 1.807) is 19.1 Å². The highest BCUT2D eigenvalue weighted by Crippen LogP contribution is 2.37. The molecular weight excluding hydrogens is 396 g/mol. The average molecular weight is 416 g/mol. The van der Waals surface area contributed by atoms with E-state index in [1.165, 1.54) is 13.3 Å². The standard InChI is InChI=1S/C19H20N4O5S/c1-4-28-18(26)11-9-21-19(22-16(11)20)29-14-8-15(24)23(17(14)25)12-7-10(2)5-6-13(12)27-3/h5-7,9,14H,4,8H2,1-3H3,(H2,20,21,22). The molecule has 1 unspecified atom stereocenters. The molecule has 1 aliphatic rings. The largest absolute Gasteiger partial charge is 0.495 e. The molecule has 2 N–H and O–H groups in total. The van der Waals surface area contributed by atoms with Crippen molar-refractivity contribution in [3.05, 3.63) is 35.5 Å². The summed E-state index contributed by atoms with van der Waals surface area (Å²) in [4.78, 5) is 46.5. The van der Waals surface area contributed by atoms with Crippen molar-refractivity contribution in [1.29, 1.82) is 0 Å². The molecule has 2 aromatic rings. The molecular formula is C19H20N4O5S. The predicted octanol–water partition coefficient (Wildman–Crippen LogP) is 1.98. The Balaban J connectivity index is 1.81. The number of thioether (sulfide) groups is 1. The number of aryl methyl sites for hydroxylation is 1. The van der Waals surface area contributed by atoms with Gasteiger partial charge >= 0.3 is 5.97 Å². The van der Waals surface area contributed by atoms with Gasteiger partial charge in [-0.1, -0.05) is 17.8 Å². The van der Waals surface area contributed by atoms with Gasteiger partial charge in [0.15, 0.2) is 5.16 Å². The van der Waals surface area contributed by atoms with Crippen molar-refractivity contribution in [2.75, 3.05) is 24.4 Å². The number of methoxy groups -OCH3 is 1. The van der Waals surface area contributed by atoms with Gasteiger partial charge in [-0.2, -0.15) is 0 Å². The Morgan fingerprint density at radius 1 is 1.38 bits per heavy atom. The molecule has 10 heteroatoms. The quantitative estimate of drug-likeness (QED) is 0.427. The predicted molar refractivity (Wildman–Crippen MR) is 107 cm³/mol. The third-order valence-corrected chi connectivity index (χ3v) is 5.28. The van der Waals surface area contributed by atoms with Crippen molar-refractivity contribution >= 4 is 41.1 Å². The zero-order valence-electron chi connectivity index (χ0n) is 16.2. The van der Waals surface area contributed by atoms with Crippen molar-refractivity contribution in [2.24, 2.45) is 0 Å². The van der Waals surface area contributed by atoms with Crippen LogP contribution in [0.15, 0.2) is 29.6 Å². The molecule has 1 aromatic carbocycles. The van der Waals surface area contributed by atoms with Gasteiger partial charge in [-0.3, -0.25) is 9.59 Å². The fourth-order valence-electron chi connectivity index (χ4n) is 2.85. The molecule has 29 heavy (non-hydrogen) atoms. The molecule has 1 saturated heterocycles. The zero-order valence-corrected chi connectivity index (χ0v) is 17.0. The normalized spacial score (nSPS) is 16.2. The number of nitrogens with two attached hydrogens (primary N) is 1. The minimum Gasteiger partial charge on any atom is -0.495 e. The Morgan fingerprint density at radius 3 is 2.79 bits per heavy atom. The molecule has 0 saturated carbocycles. The van der Waals surface area contributed by atoms with Crippen LogP contribution in [-0.2, 0) is 14.3 Å². The number of amides is 2. The molecule has 2 heterocycles. The monoisotopic (exact) mass is 416 g/mol. The molecule has 1 atom stereocenters. The van der Waals surface area contributed by atoms with Crippen LogP contribution < -0.4 is 15.4 Å². The van der Waals surface area contributed by atoms with Crippen LogP contribution in [0, 0.1) is 6.92 Å². The Morgan fingerprint density at radius 2 is 2.14 bits per heavy atom. The third-order valence-electron chi connectivity index (χ3n) is 4.22. The van der Waals surface area contributed by atoms with E-state index in [0.29, 0.717) is 11.4 Å². The summed E-state index contributed by atoms with van der Waals surface area (Å²) in [7, 11) is 1.48. The van der Waals surface area contributed by atoms with Crippen molar-refractivity contribution < 1.29 is 23.9 Å². The van der Waals surface area contributed by atoms with Crippen LogP contribution in [0.5, 0.6) is 5.75 Å². The fourth-order valence-corrected chi connectivity index (χ4v) is 3.80. The third kappa shape index (κ3) is 4.16. The van der Waals surface area contributed by atoms with E-state index in [9.17, 15) is 14.4 Å². The van der Waals surface area contributed by atoms with Gasteiger partial charge in [-0.05, 0) is 31.5 Å². The second-order valence-electron chi connectivity index (χ2n) is 6.23. The maximum atomic E-state index is 12.9. The number of imide groups is 1. The number of hydrogen-bond acceptors (Lipinski definition) is 9. The number of benzene rings is 1. The molecule has 9 nitrogen and oxygen atoms in total. The zero-order chi connectivity index (χ0) is 21.1. The number of anilines is 2. The van der Waals surface area contributed by atoms with Gasteiger partial charge in [0.1, 0.15) is 22.4 Å². The molecule has 152 valence electrons. The molecule has 1 fully saturated rings. The summed E-state index contributed by atoms with van der Waals surface area (Å²) in [5.41, 5.74) is 7.17. The minimum absolute atomic E-state index is 0.0104. The second-order valence-corrected chi connectivity index (χ2v) is 7.40. The van der Waals surface area contributed by atoms with Gasteiger partial charge in [0.05, 0.1) is 19.4 Å². The topological polar surface area (TPSA) is 125 Å². The Hall–Kier alpha value is -3.14. The maximum absolute atomic E-state index is 12.9. The van der Waals surface area contributed by atoms with Crippen molar-refractivity contribution in [1.82, 2.24) is 9.97 Å². The summed E-state index contributed by atoms with van der Waals surface area (Å²) in [6, 6.07) is 5.27. The number of aromatic nitrogens is 2. The molecule has 1 aromatic heterocycles. The van der Waals surface area contributed by atoms with E-state index in [2.05, 4.69) is 9.97 Å². The first-order valence-corrected chi connectivity index (χ1v) is 9.71. The molecule has 0 bridgehead atoms. The number of esters is 1. The summed E-state index contributed by atoms with van der Waals surface area (Å²) in [6.45, 7) is 3.74. The SMILES string of the molecule is CCOC(=O)c1cnc(SC2CC(=O)N(c3cc(C)ccc3OC)C2=O)nc1N. The number of ether oxygens (including phenoxy) is 2. The number of carbonyl (C=O) groups excluding carboxylic acids is 3. The first-order chi connectivity index (χ1) is 13.8. The number of nitrogens with zero attached hydrogens (tertiary/aromatic N) is 3. The van der Waals surface area contributed by atoms with Crippen molar-refractivity contribution in [3.63, 3.8) is 0 Å². The van der Waals surface area contributed by atoms with Gasteiger partial charge in [0.25, 0.3) is 0 Å². The lowest BCUT2D eigenvalue weighted by Crippen LogP contribution is -2.31. The average Bonchev–Trinajstić information content (AvgIpc) is 2.95. The van der Waals surface area contributed by atoms with Crippen LogP contribution in [0.1, 0.15) is 29.3 Å². The molecule has 0 spiro atoms. The lowest BCUT2D eigenvalue weighted by atomic mass is 10.2. The van der Waals surface area contributed by atoms with Crippen LogP contribution in [0.4, 0.5) is 11.5 Å². The highest BCUT2D eigenvalue weighted by Gasteiger charge is 2.42. The first kappa shape index (κ1) is 20.6. The van der Waals surface area contributed by atoms with Gasteiger partial charge in [0, 0.05) is 12.6 Å². The van der Waals surface area contributed by atoms with Crippen LogP contribution >= 0.6 is 11.8 Å². The Kier molecular flexibility index (Phi) is 6.02. The highest BCUT2D eigenvalue weighted by atomic mass is 32.2. The van der Waals surface area contributed by atoms with Crippen LogP contribution in [0.2, 0.25) is 0 Å². The van der Waals surface area contributed by atoms with Gasteiger partial charge in [0.2, 0.25) is 11.8 Å². The van der Waals surface area contributed by atoms with Gasteiger partial charge < -0.3 is 15.2 Å². The summed E-state index contributed by atoms with van der Waals surface area (Å²) in [5.74, 6) is -0.961. The lowest BCUT2D eigenvalue weighted by Gasteiger charge is -2.18. The van der Waals surface area contributed by atoms with Gasteiger partial charge in [-0.25, -0.2) is 19.7 Å². The van der Waals surface area contributed by atoms with Crippen molar-refractivity contribution in [3.8, 4) is 5.75 Å². The minimum atomic E-state index is -0.708. The van der Waals surface area contributed by atoms with E-state index in [1.807, 2.05) is 13.0 Å². The number of hydrogen-bond donors (Lipinski definition) is 1. The number of nitrogen functional groups attached to an aromatic ring is 1. The molecule has 2 amide bonds. The van der Waals surface area contributed by atoms with E-state index in [0.717, 1.165) is 22.2 Å². The summed E-state index contributed by atoms with van der Waals surface area (Å²) >= 11 is 1.02. The number of rotatable bonds is 6. The first-order valence-electron chi connectivity index (χ1n) is 8.83. The maximum Gasteiger partial charge on any atom is 0.343 e. The fraction of sp³-hybridized carbons (Fsp3) is 0.316. The van der Waals surface area contributed by atoms with E-state index in [-0.39, 0.29) is 41.4 Å². The van der Waals surface area contributed by atoms with Crippen molar-refractivity contribution in [2.45, 2.75) is 30.7 Å². The van der Waals surface area contributed by atoms with E-state index < -0.39 is 11.2 Å². The van der Waals surface area contributed by atoms with Crippen LogP contribution in [-0.4, -0.2) is 46.7 Å². The summed E-state index contributed by atoms with van der Waals surface area (Å²) < 4.78 is 10.2. The second kappa shape index (κ2) is 8.48. The Labute approximate surface area is 171 Å². The van der Waals surface area contributed by atoms with Crippen LogP contribution in [0.25, 0.3) is 0 Å². The summed E-state index contributed by atoms with van der Waals surface area (Å²) in [5, 5.41) is -0.514. The van der Waals surface area contributed by atoms with E-state index >= 15 is 0 Å². The molecule has 3 rings (SSSR count). The summed E-state index contributed by atoms with van der Waals surface area (Å²) in [6.07, 6.45) is 1.24. The highest BCUT2D eigenvalue weighted by molar-refractivity contribution is 8.00. The molecule has 0 aliphatic carbocycles. The number of carbonyl (C=O) groups is 3. The van der Waals surface area contributed by atoms with Gasteiger partial charge in [-0.15, -0.1) is 0 Å². The van der Waals surface area contributed by atoms with Crippen LogP contribution in [0.3, 0.4) is 0 Å². The molecule has 0 radical (unpaired) electrons. The molecule has 1 aliphatic heterocycles. The van der Waals surface area contributed by atoms with E-state index in [4.69, 9.17) is 15.2 Å².